The molecule has 2 amide bonds. The van der Waals surface area contributed by atoms with Crippen molar-refractivity contribution >= 4 is 27.5 Å². The third-order valence-electron chi connectivity index (χ3n) is 5.13. The Morgan fingerprint density at radius 2 is 2.00 bits per heavy atom. The molecule has 11 nitrogen and oxygen atoms in total. The number of anilines is 1. The standard InChI is InChI=1S/C18H27N7O4S/c1-5-24-11-15(12(2)21-24)30(28,29)25-8-6-7-13(9-25)17(26)20-14-10-23(4)22-16(14)18(27)19-3/h10-11,13H,5-9H2,1-4H3,(H,19,27)(H,20,26)/t13-/m0/s1. The lowest BCUT2D eigenvalue weighted by Crippen LogP contribution is -2.43. The molecule has 12 heteroatoms. The summed E-state index contributed by atoms with van der Waals surface area (Å²) in [7, 11) is -0.623. The number of aromatic nitrogens is 4. The van der Waals surface area contributed by atoms with Gasteiger partial charge in [0.1, 0.15) is 4.90 Å². The molecule has 1 fully saturated rings. The van der Waals surface area contributed by atoms with E-state index < -0.39 is 21.8 Å². The van der Waals surface area contributed by atoms with Crippen LogP contribution < -0.4 is 10.6 Å². The number of rotatable bonds is 6. The number of sulfonamides is 1. The molecule has 1 atom stereocenters. The van der Waals surface area contributed by atoms with Crippen LogP contribution in [0.25, 0.3) is 0 Å². The summed E-state index contributed by atoms with van der Waals surface area (Å²) in [5.74, 6) is -1.29. The maximum absolute atomic E-state index is 13.1. The lowest BCUT2D eigenvalue weighted by Gasteiger charge is -2.31. The Kier molecular flexibility index (Phi) is 6.27. The topological polar surface area (TPSA) is 131 Å². The Morgan fingerprint density at radius 3 is 2.63 bits per heavy atom. The van der Waals surface area contributed by atoms with Crippen LogP contribution in [0.1, 0.15) is 35.9 Å². The molecule has 1 aliphatic heterocycles. The van der Waals surface area contributed by atoms with E-state index in [1.165, 1.54) is 22.2 Å². The van der Waals surface area contributed by atoms with Gasteiger partial charge in [0, 0.05) is 46.1 Å². The van der Waals surface area contributed by atoms with Gasteiger partial charge < -0.3 is 10.6 Å². The number of hydrogen-bond donors (Lipinski definition) is 2. The Morgan fingerprint density at radius 1 is 1.27 bits per heavy atom. The van der Waals surface area contributed by atoms with Gasteiger partial charge in [-0.15, -0.1) is 0 Å². The minimum absolute atomic E-state index is 0.0699. The van der Waals surface area contributed by atoms with Crippen LogP contribution in [0, 0.1) is 12.8 Å². The SMILES string of the molecule is CCn1cc(S(=O)(=O)N2CCC[C@H](C(=O)Nc3cn(C)nc3C(=O)NC)C2)c(C)n1. The number of amides is 2. The second-order valence-corrected chi connectivity index (χ2v) is 9.18. The number of carbonyl (C=O) groups excluding carboxylic acids is 2. The molecule has 1 saturated heterocycles. The van der Waals surface area contributed by atoms with Gasteiger partial charge in [-0.3, -0.25) is 19.0 Å². The minimum atomic E-state index is -3.75. The first-order chi connectivity index (χ1) is 14.2. The van der Waals surface area contributed by atoms with Gasteiger partial charge in [-0.05, 0) is 26.7 Å². The average molecular weight is 438 g/mol. The number of aryl methyl sites for hydroxylation is 3. The van der Waals surface area contributed by atoms with Gasteiger partial charge in [0.25, 0.3) is 5.91 Å². The first kappa shape index (κ1) is 22.0. The third kappa shape index (κ3) is 4.24. The lowest BCUT2D eigenvalue weighted by atomic mass is 9.99. The Hall–Kier alpha value is -2.73. The highest BCUT2D eigenvalue weighted by Gasteiger charge is 2.35. The van der Waals surface area contributed by atoms with Gasteiger partial charge in [-0.25, -0.2) is 8.42 Å². The highest BCUT2D eigenvalue weighted by atomic mass is 32.2. The molecule has 0 saturated carbocycles. The number of piperidine rings is 1. The van der Waals surface area contributed by atoms with Crippen LogP contribution in [0.2, 0.25) is 0 Å². The first-order valence-electron chi connectivity index (χ1n) is 9.78. The number of nitrogens with one attached hydrogen (secondary N) is 2. The Labute approximate surface area is 175 Å². The summed E-state index contributed by atoms with van der Waals surface area (Å²) >= 11 is 0. The van der Waals surface area contributed by atoms with E-state index in [0.717, 1.165) is 0 Å². The molecule has 2 aromatic rings. The van der Waals surface area contributed by atoms with Crippen LogP contribution in [0.15, 0.2) is 17.3 Å². The van der Waals surface area contributed by atoms with Crippen LogP contribution in [0.5, 0.6) is 0 Å². The maximum atomic E-state index is 13.1. The second kappa shape index (κ2) is 8.56. The molecule has 0 bridgehead atoms. The van der Waals surface area contributed by atoms with Gasteiger partial charge in [0.15, 0.2) is 5.69 Å². The predicted molar refractivity (Wildman–Crippen MR) is 109 cm³/mol. The fraction of sp³-hybridized carbons (Fsp3) is 0.556. The molecular weight excluding hydrogens is 410 g/mol. The molecule has 3 heterocycles. The first-order valence-corrected chi connectivity index (χ1v) is 11.2. The summed E-state index contributed by atoms with van der Waals surface area (Å²) in [4.78, 5) is 25.0. The maximum Gasteiger partial charge on any atom is 0.273 e. The summed E-state index contributed by atoms with van der Waals surface area (Å²) in [6, 6.07) is 0. The molecule has 1 aliphatic rings. The van der Waals surface area contributed by atoms with Crippen LogP contribution in [-0.2, 0) is 28.4 Å². The summed E-state index contributed by atoms with van der Waals surface area (Å²) in [6.07, 6.45) is 4.19. The van der Waals surface area contributed by atoms with Crippen LogP contribution >= 0.6 is 0 Å². The second-order valence-electron chi connectivity index (χ2n) is 7.27. The summed E-state index contributed by atoms with van der Waals surface area (Å²) in [5.41, 5.74) is 0.840. The number of carbonyl (C=O) groups is 2. The zero-order chi connectivity index (χ0) is 22.1. The fourth-order valence-electron chi connectivity index (χ4n) is 3.53. The van der Waals surface area contributed by atoms with Crippen LogP contribution in [0.3, 0.4) is 0 Å². The summed E-state index contributed by atoms with van der Waals surface area (Å²) < 4.78 is 30.6. The smallest absolute Gasteiger partial charge is 0.273 e. The van der Waals surface area contributed by atoms with Crippen LogP contribution in [0.4, 0.5) is 5.69 Å². The monoisotopic (exact) mass is 437 g/mol. The van der Waals surface area contributed by atoms with E-state index in [-0.39, 0.29) is 23.0 Å². The molecule has 0 unspecified atom stereocenters. The van der Waals surface area contributed by atoms with E-state index in [0.29, 0.717) is 37.3 Å². The molecule has 164 valence electrons. The van der Waals surface area contributed by atoms with Crippen molar-refractivity contribution in [3.63, 3.8) is 0 Å². The van der Waals surface area contributed by atoms with Crippen molar-refractivity contribution in [1.29, 1.82) is 0 Å². The molecule has 2 aromatic heterocycles. The van der Waals surface area contributed by atoms with Gasteiger partial charge in [0.2, 0.25) is 15.9 Å². The quantitative estimate of drug-likeness (QED) is 0.670. The summed E-state index contributed by atoms with van der Waals surface area (Å²) in [6.45, 7) is 4.53. The molecule has 2 N–H and O–H groups in total. The van der Waals surface area contributed by atoms with E-state index in [4.69, 9.17) is 0 Å². The molecule has 3 rings (SSSR count). The van der Waals surface area contributed by atoms with E-state index >= 15 is 0 Å². The molecule has 0 aliphatic carbocycles. The highest BCUT2D eigenvalue weighted by Crippen LogP contribution is 2.26. The van der Waals surface area contributed by atoms with E-state index in [1.54, 1.807) is 24.9 Å². The molecule has 0 spiro atoms. The van der Waals surface area contributed by atoms with E-state index in [9.17, 15) is 18.0 Å². The fourth-order valence-corrected chi connectivity index (χ4v) is 5.22. The Balaban J connectivity index is 1.77. The van der Waals surface area contributed by atoms with E-state index in [2.05, 4.69) is 20.8 Å². The van der Waals surface area contributed by atoms with Crippen molar-refractivity contribution in [2.45, 2.75) is 38.1 Å². The van der Waals surface area contributed by atoms with Crippen molar-refractivity contribution in [2.75, 3.05) is 25.5 Å². The molecular formula is C18H27N7O4S. The molecule has 0 radical (unpaired) electrons. The van der Waals surface area contributed by atoms with Gasteiger partial charge in [-0.1, -0.05) is 0 Å². The van der Waals surface area contributed by atoms with Gasteiger partial charge in [-0.2, -0.15) is 14.5 Å². The highest BCUT2D eigenvalue weighted by molar-refractivity contribution is 7.89. The Bertz CT molecular complexity index is 1060. The average Bonchev–Trinajstić information content (AvgIpc) is 3.29. The molecule has 0 aromatic carbocycles. The zero-order valence-corrected chi connectivity index (χ0v) is 18.4. The van der Waals surface area contributed by atoms with Crippen molar-refractivity contribution < 1.29 is 18.0 Å². The third-order valence-corrected chi connectivity index (χ3v) is 7.09. The normalized spacial score (nSPS) is 17.7. The van der Waals surface area contributed by atoms with Gasteiger partial charge in [0.05, 0.1) is 17.3 Å². The summed E-state index contributed by atoms with van der Waals surface area (Å²) in [5, 5.41) is 13.5. The van der Waals surface area contributed by atoms with Crippen molar-refractivity contribution in [1.82, 2.24) is 29.2 Å². The number of nitrogens with zero attached hydrogens (tertiary/aromatic N) is 5. The van der Waals surface area contributed by atoms with Crippen molar-refractivity contribution in [3.8, 4) is 0 Å². The van der Waals surface area contributed by atoms with Crippen molar-refractivity contribution in [3.05, 3.63) is 23.8 Å². The number of hydrogen-bond acceptors (Lipinski definition) is 6. The minimum Gasteiger partial charge on any atom is -0.354 e. The lowest BCUT2D eigenvalue weighted by molar-refractivity contribution is -0.120. The molecule has 30 heavy (non-hydrogen) atoms. The zero-order valence-electron chi connectivity index (χ0n) is 17.5. The van der Waals surface area contributed by atoms with Crippen LogP contribution in [-0.4, -0.2) is 64.2 Å². The van der Waals surface area contributed by atoms with Crippen molar-refractivity contribution in [2.24, 2.45) is 13.0 Å². The largest absolute Gasteiger partial charge is 0.354 e. The predicted octanol–water partition coefficient (Wildman–Crippen LogP) is 0.344. The van der Waals surface area contributed by atoms with E-state index in [1.807, 2.05) is 6.92 Å². The van der Waals surface area contributed by atoms with Gasteiger partial charge >= 0.3 is 0 Å².